The molecule has 21 nitrogen and oxygen atoms in total. The fraction of sp³-hybridized carbons (Fsp3) is 0.500. The van der Waals surface area contributed by atoms with Gasteiger partial charge in [0.1, 0.15) is 12.2 Å². The number of rotatable bonds is 23. The highest BCUT2D eigenvalue weighted by Crippen LogP contribution is 2.38. The van der Waals surface area contributed by atoms with E-state index in [0.29, 0.717) is 12.8 Å². The summed E-state index contributed by atoms with van der Waals surface area (Å²) in [4.78, 5) is 68.3. The van der Waals surface area contributed by atoms with Crippen LogP contribution in [0, 0.1) is 21.4 Å². The second-order valence-electron chi connectivity index (χ2n) is 12.9. The number of benzene rings is 2. The molecule has 0 aliphatic carbocycles. The smallest absolute Gasteiger partial charge is 0.256 e. The molecular formula is C34H44I6N6O15. The second kappa shape index (κ2) is 27.3. The molecule has 0 bridgehead atoms. The van der Waals surface area contributed by atoms with Crippen LogP contribution in [0.3, 0.4) is 0 Å². The van der Waals surface area contributed by atoms with Crippen LogP contribution in [-0.2, 0) is 4.79 Å². The molecule has 0 aromatic heterocycles. The summed E-state index contributed by atoms with van der Waals surface area (Å²) in [5.74, 6) is -3.82. The van der Waals surface area contributed by atoms with Crippen LogP contribution in [0.2, 0.25) is 0 Å². The van der Waals surface area contributed by atoms with Gasteiger partial charge in [0.15, 0.2) is 12.3 Å². The van der Waals surface area contributed by atoms with E-state index < -0.39 is 92.7 Å². The van der Waals surface area contributed by atoms with E-state index >= 15 is 0 Å². The first-order valence-corrected chi connectivity index (χ1v) is 24.2. The molecule has 0 saturated carbocycles. The molecule has 2 aromatic carbocycles. The minimum Gasteiger partial charge on any atom is -0.394 e. The van der Waals surface area contributed by atoms with Crippen LogP contribution in [0.5, 0.6) is 0 Å². The van der Waals surface area contributed by atoms with E-state index in [9.17, 15) is 75.0 Å². The van der Waals surface area contributed by atoms with Crippen molar-refractivity contribution < 1.29 is 75.0 Å². The van der Waals surface area contributed by atoms with Crippen molar-refractivity contribution in [3.8, 4) is 0 Å². The number of aliphatic hydroxyl groups is 10. The number of nitrogens with one attached hydrogen (secondary N) is 5. The summed E-state index contributed by atoms with van der Waals surface area (Å²) >= 11 is 10.8. The van der Waals surface area contributed by atoms with Gasteiger partial charge in [-0.05, 0) is 148 Å². The minimum atomic E-state index is -2.07. The Labute approximate surface area is 430 Å². The Bertz CT molecular complexity index is 1920. The van der Waals surface area contributed by atoms with Crippen LogP contribution in [0.15, 0.2) is 0 Å². The Morgan fingerprint density at radius 2 is 0.984 bits per heavy atom. The maximum Gasteiger partial charge on any atom is 0.256 e. The molecular weight excluding hydrogens is 1490 g/mol. The van der Waals surface area contributed by atoms with Gasteiger partial charge in [0.05, 0.1) is 86.5 Å². The van der Waals surface area contributed by atoms with Crippen LogP contribution < -0.4 is 26.6 Å². The van der Waals surface area contributed by atoms with Gasteiger partial charge in [0, 0.05) is 40.4 Å². The van der Waals surface area contributed by atoms with Gasteiger partial charge in [-0.1, -0.05) is 0 Å². The molecule has 0 spiro atoms. The van der Waals surface area contributed by atoms with Gasteiger partial charge in [-0.15, -0.1) is 0 Å². The maximum absolute atomic E-state index is 13.7. The summed E-state index contributed by atoms with van der Waals surface area (Å²) in [6.45, 7) is -3.44. The number of likely N-dealkylation sites (N-methyl/N-ethyl adjacent to an activating group) is 1. The monoisotopic (exact) mass is 1540 g/mol. The summed E-state index contributed by atoms with van der Waals surface area (Å²) < 4.78 is 1.20. The molecule has 0 saturated heterocycles. The van der Waals surface area contributed by atoms with Crippen LogP contribution in [0.4, 0.5) is 11.4 Å². The number of unbranched alkanes of at least 4 members (excludes halogenated alkanes) is 1. The molecule has 6 unspecified atom stereocenters. The van der Waals surface area contributed by atoms with Gasteiger partial charge >= 0.3 is 0 Å². The first-order chi connectivity index (χ1) is 28.6. The van der Waals surface area contributed by atoms with E-state index in [2.05, 4.69) is 26.6 Å². The van der Waals surface area contributed by atoms with E-state index in [1.807, 2.05) is 67.8 Å². The van der Waals surface area contributed by atoms with Crippen LogP contribution in [0.25, 0.3) is 0 Å². The fourth-order valence-electron chi connectivity index (χ4n) is 5.01. The lowest BCUT2D eigenvalue weighted by molar-refractivity contribution is -0.131. The Hall–Kier alpha value is -0.430. The van der Waals surface area contributed by atoms with Crippen molar-refractivity contribution in [1.82, 2.24) is 20.9 Å². The highest BCUT2D eigenvalue weighted by atomic mass is 127. The molecule has 2 aromatic rings. The van der Waals surface area contributed by atoms with Crippen molar-refractivity contribution >= 4 is 176 Å². The van der Waals surface area contributed by atoms with Crippen molar-refractivity contribution in [2.75, 3.05) is 70.3 Å². The zero-order valence-corrected chi connectivity index (χ0v) is 44.7. The van der Waals surface area contributed by atoms with Crippen LogP contribution >= 0.6 is 136 Å². The number of amides is 5. The first kappa shape index (κ1) is 56.7. The van der Waals surface area contributed by atoms with Gasteiger partial charge in [-0.2, -0.15) is 0 Å². The topological polar surface area (TPSA) is 351 Å². The predicted octanol–water partition coefficient (Wildman–Crippen LogP) is -1.50. The number of nitrogens with zero attached hydrogens (tertiary/aromatic N) is 1. The zero-order valence-electron chi connectivity index (χ0n) is 31.8. The van der Waals surface area contributed by atoms with E-state index in [1.165, 1.54) is 7.05 Å². The standard InChI is InChI=1S/C34H44I6N6O15/c1-46(7-13(52)9-48)34(61)19-21(36)18(24(39)27(25(19)40)44-29(56)15(54)11-50)31(58)42-5-3-2-4-41-30(57)16-20(35)17(32(59)43-6-12(51)8-47)23(38)26(22(16)37)45-33(60)28(55)14(53)10-49/h12-15,28-29,44,47-56H,2-11H2,1H3,(H,41,57)(H,42,58)(H,43,59)(H,45,60). The Morgan fingerprint density at radius 3 is 1.44 bits per heavy atom. The molecule has 0 fully saturated rings. The summed E-state index contributed by atoms with van der Waals surface area (Å²) in [7, 11) is 1.39. The number of carbonyl (C=O) groups excluding carboxylic acids is 5. The molecule has 0 heterocycles. The van der Waals surface area contributed by atoms with Gasteiger partial charge < -0.3 is 82.5 Å². The molecule has 6 atom stereocenters. The third-order valence-corrected chi connectivity index (χ3v) is 14.8. The zero-order chi connectivity index (χ0) is 46.5. The molecule has 0 aliphatic heterocycles. The first-order valence-electron chi connectivity index (χ1n) is 17.7. The Morgan fingerprint density at radius 1 is 0.557 bits per heavy atom. The summed E-state index contributed by atoms with van der Waals surface area (Å²) in [6, 6.07) is 0. The molecule has 61 heavy (non-hydrogen) atoms. The number of hydrogen-bond donors (Lipinski definition) is 15. The van der Waals surface area contributed by atoms with Crippen molar-refractivity contribution in [3.05, 3.63) is 43.7 Å². The molecule has 0 radical (unpaired) electrons. The molecule has 342 valence electrons. The van der Waals surface area contributed by atoms with E-state index in [1.54, 1.807) is 67.8 Å². The normalized spacial score (nSPS) is 14.2. The van der Waals surface area contributed by atoms with Crippen molar-refractivity contribution in [2.45, 2.75) is 49.6 Å². The average Bonchev–Trinajstić information content (AvgIpc) is 3.22. The molecule has 0 aliphatic rings. The third kappa shape index (κ3) is 15.3. The van der Waals surface area contributed by atoms with Crippen LogP contribution in [-0.4, -0.2) is 182 Å². The lowest BCUT2D eigenvalue weighted by atomic mass is 10.1. The van der Waals surface area contributed by atoms with Gasteiger partial charge in [0.2, 0.25) is 0 Å². The summed E-state index contributed by atoms with van der Waals surface area (Å²) in [5, 5.41) is 110. The van der Waals surface area contributed by atoms with E-state index in [-0.39, 0.29) is 81.2 Å². The minimum absolute atomic E-state index is 0.0280. The van der Waals surface area contributed by atoms with Gasteiger partial charge in [-0.25, -0.2) is 0 Å². The predicted molar refractivity (Wildman–Crippen MR) is 269 cm³/mol. The van der Waals surface area contributed by atoms with Crippen molar-refractivity contribution in [1.29, 1.82) is 0 Å². The van der Waals surface area contributed by atoms with E-state index in [4.69, 9.17) is 0 Å². The number of aliphatic hydroxyl groups excluding tert-OH is 10. The molecule has 15 N–H and O–H groups in total. The Kier molecular flexibility index (Phi) is 25.3. The SMILES string of the molecule is CN(CC(O)CO)C(=O)c1c(I)c(NC(O)C(O)CO)c(I)c(C(=O)NCCCCNC(=O)c2c(I)c(NC(=O)C(O)C(O)CO)c(I)c(C(=O)NCC(O)CO)c2I)c1I. The third-order valence-electron chi connectivity index (χ3n) is 8.37. The number of halogens is 6. The second-order valence-corrected chi connectivity index (χ2v) is 19.4. The van der Waals surface area contributed by atoms with E-state index in [0.717, 1.165) is 4.90 Å². The lowest BCUT2D eigenvalue weighted by Crippen LogP contribution is -2.40. The van der Waals surface area contributed by atoms with Gasteiger partial charge in [-0.3, -0.25) is 24.0 Å². The van der Waals surface area contributed by atoms with Crippen molar-refractivity contribution in [2.24, 2.45) is 0 Å². The summed E-state index contributed by atoms with van der Waals surface area (Å²) in [6.07, 6.45) is -9.11. The lowest BCUT2D eigenvalue weighted by Gasteiger charge is -2.26. The number of anilines is 2. The highest BCUT2D eigenvalue weighted by molar-refractivity contribution is 14.1. The van der Waals surface area contributed by atoms with Crippen LogP contribution in [0.1, 0.15) is 54.3 Å². The molecule has 27 heteroatoms. The largest absolute Gasteiger partial charge is 0.394 e. The Balaban J connectivity index is 2.35. The molecule has 2 rings (SSSR count). The quantitative estimate of drug-likeness (QED) is 0.0342. The molecule has 5 amide bonds. The maximum atomic E-state index is 13.7. The number of carbonyl (C=O) groups is 5. The fourth-order valence-corrected chi connectivity index (χ4v) is 13.9. The van der Waals surface area contributed by atoms with Crippen molar-refractivity contribution in [3.63, 3.8) is 0 Å². The number of hydrogen-bond acceptors (Lipinski definition) is 16. The summed E-state index contributed by atoms with van der Waals surface area (Å²) in [5.41, 5.74) is -0.00531. The van der Waals surface area contributed by atoms with Gasteiger partial charge in [0.25, 0.3) is 29.5 Å². The highest BCUT2D eigenvalue weighted by Gasteiger charge is 2.33. The average molecular weight is 1540 g/mol.